The molecule has 0 aliphatic heterocycles. The Balaban J connectivity index is 3.31. The number of ether oxygens (including phenoxy) is 2. The Morgan fingerprint density at radius 3 is 2.57 bits per heavy atom. The molecule has 0 aromatic heterocycles. The van der Waals surface area contributed by atoms with Crippen molar-refractivity contribution in [2.24, 2.45) is 0 Å². The summed E-state index contributed by atoms with van der Waals surface area (Å²) in [6.07, 6.45) is 1.48. The van der Waals surface area contributed by atoms with E-state index in [0.29, 0.717) is 28.1 Å². The van der Waals surface area contributed by atoms with E-state index in [0.717, 1.165) is 0 Å². The van der Waals surface area contributed by atoms with Crippen molar-refractivity contribution in [1.82, 2.24) is 4.90 Å². The van der Waals surface area contributed by atoms with Gasteiger partial charge in [-0.1, -0.05) is 0 Å². The van der Waals surface area contributed by atoms with Gasteiger partial charge in [-0.3, -0.25) is 4.79 Å². The molecule has 0 heterocycles. The van der Waals surface area contributed by atoms with Crippen LogP contribution in [0.15, 0.2) is 22.2 Å². The molecule has 0 aliphatic rings. The molecule has 1 aromatic rings. The van der Waals surface area contributed by atoms with Gasteiger partial charge in [-0.05, 0) is 46.6 Å². The maximum absolute atomic E-state index is 11.9. The van der Waals surface area contributed by atoms with Crippen LogP contribution in [0.1, 0.15) is 12.5 Å². The molecule has 0 bridgehead atoms. The number of amides is 1. The quantitative estimate of drug-likeness (QED) is 0.561. The van der Waals surface area contributed by atoms with Crippen molar-refractivity contribution >= 4 is 27.9 Å². The van der Waals surface area contributed by atoms with Gasteiger partial charge in [-0.15, -0.1) is 0 Å². The third-order valence-electron chi connectivity index (χ3n) is 2.68. The molecule has 1 aromatic carbocycles. The molecule has 0 unspecified atom stereocenters. The molecule has 6 nitrogen and oxygen atoms in total. The highest BCUT2D eigenvalue weighted by molar-refractivity contribution is 9.10. The number of benzene rings is 1. The average Bonchev–Trinajstić information content (AvgIpc) is 2.51. The number of carbonyl (C=O) groups excluding carboxylic acids is 1. The van der Waals surface area contributed by atoms with E-state index in [1.54, 1.807) is 26.2 Å². The van der Waals surface area contributed by atoms with Crippen molar-refractivity contribution in [1.29, 1.82) is 10.5 Å². The van der Waals surface area contributed by atoms with Crippen molar-refractivity contribution < 1.29 is 14.3 Å². The van der Waals surface area contributed by atoms with Gasteiger partial charge >= 0.3 is 0 Å². The van der Waals surface area contributed by atoms with Crippen molar-refractivity contribution in [3.63, 3.8) is 0 Å². The number of nitriles is 2. The number of hydrogen-bond acceptors (Lipinski definition) is 5. The van der Waals surface area contributed by atoms with Gasteiger partial charge in [0, 0.05) is 14.1 Å². The summed E-state index contributed by atoms with van der Waals surface area (Å²) in [5, 5.41) is 17.8. The summed E-state index contributed by atoms with van der Waals surface area (Å²) in [6, 6.07) is 7.13. The third kappa shape index (κ3) is 5.01. The summed E-state index contributed by atoms with van der Waals surface area (Å²) >= 11 is 3.35. The van der Waals surface area contributed by atoms with E-state index in [1.807, 2.05) is 19.1 Å². The largest absolute Gasteiger partial charge is 0.490 e. The van der Waals surface area contributed by atoms with Gasteiger partial charge in [0.1, 0.15) is 17.7 Å². The van der Waals surface area contributed by atoms with E-state index in [9.17, 15) is 4.79 Å². The van der Waals surface area contributed by atoms with Crippen LogP contribution in [0.4, 0.5) is 0 Å². The highest BCUT2D eigenvalue weighted by atomic mass is 79.9. The zero-order valence-corrected chi connectivity index (χ0v) is 14.7. The lowest BCUT2D eigenvalue weighted by Gasteiger charge is -2.13. The predicted molar refractivity (Wildman–Crippen MR) is 88.7 cm³/mol. The number of carbonyl (C=O) groups is 1. The number of halogens is 1. The molecule has 1 rings (SSSR count). The van der Waals surface area contributed by atoms with Gasteiger partial charge in [0.15, 0.2) is 18.1 Å². The van der Waals surface area contributed by atoms with Gasteiger partial charge < -0.3 is 14.4 Å². The van der Waals surface area contributed by atoms with Crippen molar-refractivity contribution in [3.8, 4) is 23.6 Å². The second kappa shape index (κ2) is 8.82. The minimum atomic E-state index is -0.383. The standard InChI is InChI=1S/C16H16BrN3O3/c1-4-22-14-9-11(7-12(10-19)16(21)20(2)3)8-13(17)15(14)23-6-5-18/h7-9H,4,6H2,1-3H3/b12-7-. The Morgan fingerprint density at radius 1 is 1.35 bits per heavy atom. The minimum Gasteiger partial charge on any atom is -0.490 e. The Bertz CT molecular complexity index is 700. The fraction of sp³-hybridized carbons (Fsp3) is 0.312. The monoisotopic (exact) mass is 377 g/mol. The highest BCUT2D eigenvalue weighted by Gasteiger charge is 2.15. The van der Waals surface area contributed by atoms with Crippen molar-refractivity contribution in [2.75, 3.05) is 27.3 Å². The lowest BCUT2D eigenvalue weighted by atomic mass is 10.1. The van der Waals surface area contributed by atoms with Gasteiger partial charge in [-0.2, -0.15) is 10.5 Å². The molecule has 23 heavy (non-hydrogen) atoms. The normalized spacial score (nSPS) is 10.4. The second-order valence-electron chi connectivity index (χ2n) is 4.58. The zero-order chi connectivity index (χ0) is 17.4. The molecule has 0 saturated heterocycles. The molecule has 0 saturated carbocycles. The lowest BCUT2D eigenvalue weighted by molar-refractivity contribution is -0.124. The van der Waals surface area contributed by atoms with E-state index in [1.165, 1.54) is 11.0 Å². The first-order valence-electron chi connectivity index (χ1n) is 6.74. The maximum Gasteiger partial charge on any atom is 0.264 e. The first-order chi connectivity index (χ1) is 10.9. The molecule has 0 atom stereocenters. The molecular formula is C16H16BrN3O3. The topological polar surface area (TPSA) is 86.3 Å². The van der Waals surface area contributed by atoms with Crippen LogP contribution in [0.25, 0.3) is 6.08 Å². The molecule has 0 N–H and O–H groups in total. The Labute approximate surface area is 143 Å². The molecule has 7 heteroatoms. The van der Waals surface area contributed by atoms with Gasteiger partial charge in [-0.25, -0.2) is 0 Å². The smallest absolute Gasteiger partial charge is 0.264 e. The summed E-state index contributed by atoms with van der Waals surface area (Å²) < 4.78 is 11.4. The number of rotatable bonds is 6. The Kier molecular flexibility index (Phi) is 7.11. The van der Waals surface area contributed by atoms with E-state index < -0.39 is 0 Å². The first-order valence-corrected chi connectivity index (χ1v) is 7.53. The zero-order valence-electron chi connectivity index (χ0n) is 13.1. The van der Waals surface area contributed by atoms with Crippen LogP contribution in [0, 0.1) is 22.7 Å². The van der Waals surface area contributed by atoms with E-state index >= 15 is 0 Å². The summed E-state index contributed by atoms with van der Waals surface area (Å²) in [5.41, 5.74) is 0.617. The molecule has 0 radical (unpaired) electrons. The number of nitrogens with zero attached hydrogens (tertiary/aromatic N) is 3. The Hall–Kier alpha value is -2.51. The summed E-state index contributed by atoms with van der Waals surface area (Å²) in [7, 11) is 3.15. The maximum atomic E-state index is 11.9. The number of likely N-dealkylation sites (N-methyl/N-ethyl adjacent to an activating group) is 1. The van der Waals surface area contributed by atoms with Crippen LogP contribution in [-0.4, -0.2) is 38.1 Å². The fourth-order valence-corrected chi connectivity index (χ4v) is 2.30. The predicted octanol–water partition coefficient (Wildman–Crippen LogP) is 2.75. The molecule has 0 aliphatic carbocycles. The van der Waals surface area contributed by atoms with Gasteiger partial charge in [0.05, 0.1) is 11.1 Å². The molecule has 0 spiro atoms. The van der Waals surface area contributed by atoms with Gasteiger partial charge in [0.25, 0.3) is 5.91 Å². The van der Waals surface area contributed by atoms with Gasteiger partial charge in [0.2, 0.25) is 0 Å². The summed E-state index contributed by atoms with van der Waals surface area (Å²) in [6.45, 7) is 2.11. The molecule has 0 fully saturated rings. The van der Waals surface area contributed by atoms with Crippen molar-refractivity contribution in [3.05, 3.63) is 27.7 Å². The van der Waals surface area contributed by atoms with Crippen LogP contribution in [0.2, 0.25) is 0 Å². The van der Waals surface area contributed by atoms with E-state index in [4.69, 9.17) is 20.0 Å². The Morgan fingerprint density at radius 2 is 2.04 bits per heavy atom. The van der Waals surface area contributed by atoms with Crippen LogP contribution < -0.4 is 9.47 Å². The summed E-state index contributed by atoms with van der Waals surface area (Å²) in [5.74, 6) is 0.451. The van der Waals surface area contributed by atoms with Crippen LogP contribution >= 0.6 is 15.9 Å². The highest BCUT2D eigenvalue weighted by Crippen LogP contribution is 2.37. The van der Waals surface area contributed by atoms with E-state index in [2.05, 4.69) is 15.9 Å². The number of hydrogen-bond donors (Lipinski definition) is 0. The van der Waals surface area contributed by atoms with E-state index in [-0.39, 0.29) is 18.1 Å². The van der Waals surface area contributed by atoms with Crippen LogP contribution in [-0.2, 0) is 4.79 Å². The average molecular weight is 378 g/mol. The second-order valence-corrected chi connectivity index (χ2v) is 5.43. The minimum absolute atomic E-state index is 0.00930. The fourth-order valence-electron chi connectivity index (χ4n) is 1.73. The summed E-state index contributed by atoms with van der Waals surface area (Å²) in [4.78, 5) is 13.2. The third-order valence-corrected chi connectivity index (χ3v) is 3.27. The molecule has 120 valence electrons. The van der Waals surface area contributed by atoms with Crippen LogP contribution in [0.3, 0.4) is 0 Å². The van der Waals surface area contributed by atoms with Crippen LogP contribution in [0.5, 0.6) is 11.5 Å². The first kappa shape index (κ1) is 18.5. The molecule has 1 amide bonds. The molecular weight excluding hydrogens is 362 g/mol. The van der Waals surface area contributed by atoms with Crippen molar-refractivity contribution in [2.45, 2.75) is 6.92 Å². The lowest BCUT2D eigenvalue weighted by Crippen LogP contribution is -2.22. The SMILES string of the molecule is CCOc1cc(/C=C(/C#N)C(=O)N(C)C)cc(Br)c1OCC#N.